The van der Waals surface area contributed by atoms with Crippen molar-refractivity contribution in [1.82, 2.24) is 10.0 Å². The summed E-state index contributed by atoms with van der Waals surface area (Å²) in [7, 11) is -3.91. The summed E-state index contributed by atoms with van der Waals surface area (Å²) in [4.78, 5) is 24.6. The van der Waals surface area contributed by atoms with Gasteiger partial charge in [-0.3, -0.25) is 9.59 Å². The molecule has 9 nitrogen and oxygen atoms in total. The zero-order valence-corrected chi connectivity index (χ0v) is 19.1. The lowest BCUT2D eigenvalue weighted by Gasteiger charge is -2.19. The molecule has 0 spiro atoms. The van der Waals surface area contributed by atoms with Crippen molar-refractivity contribution >= 4 is 28.0 Å². The van der Waals surface area contributed by atoms with E-state index in [1.807, 2.05) is 6.07 Å². The molecular formula is C23H26N2O7S. The molecule has 3 rings (SSSR count). The normalized spacial score (nSPS) is 13.8. The minimum atomic E-state index is -3.91. The number of ether oxygens (including phenoxy) is 3. The first kappa shape index (κ1) is 24.3. The zero-order valence-electron chi connectivity index (χ0n) is 18.3. The number of rotatable bonds is 10. The molecule has 176 valence electrons. The molecule has 0 radical (unpaired) electrons. The van der Waals surface area contributed by atoms with Crippen molar-refractivity contribution in [2.75, 3.05) is 13.4 Å². The quantitative estimate of drug-likeness (QED) is 0.507. The van der Waals surface area contributed by atoms with Gasteiger partial charge in [0.05, 0.1) is 0 Å². The molecule has 0 saturated heterocycles. The van der Waals surface area contributed by atoms with E-state index in [4.69, 9.17) is 14.2 Å². The third-order valence-electron chi connectivity index (χ3n) is 4.72. The molecule has 0 bridgehead atoms. The number of esters is 1. The van der Waals surface area contributed by atoms with Crippen LogP contribution in [0.2, 0.25) is 0 Å². The summed E-state index contributed by atoms with van der Waals surface area (Å²) in [5, 5.41) is 3.63. The third-order valence-corrected chi connectivity index (χ3v) is 5.80. The van der Waals surface area contributed by atoms with Gasteiger partial charge >= 0.3 is 5.97 Å². The van der Waals surface area contributed by atoms with Crippen LogP contribution in [0.5, 0.6) is 11.5 Å². The van der Waals surface area contributed by atoms with E-state index in [1.165, 1.54) is 6.08 Å². The average Bonchev–Trinajstić information content (AvgIpc) is 3.27. The Morgan fingerprint density at radius 2 is 1.82 bits per heavy atom. The van der Waals surface area contributed by atoms with Crippen molar-refractivity contribution in [2.45, 2.75) is 26.4 Å². The number of carbonyl (C=O) groups excluding carboxylic acids is 2. The van der Waals surface area contributed by atoms with E-state index in [1.54, 1.807) is 56.3 Å². The van der Waals surface area contributed by atoms with Crippen molar-refractivity contribution in [1.29, 1.82) is 0 Å². The Kier molecular flexibility index (Phi) is 8.07. The summed E-state index contributed by atoms with van der Waals surface area (Å²) in [6, 6.07) is 13.0. The summed E-state index contributed by atoms with van der Waals surface area (Å²) in [5.41, 5.74) is 1.49. The lowest BCUT2D eigenvalue weighted by Crippen LogP contribution is -2.45. The van der Waals surface area contributed by atoms with Crippen LogP contribution in [0.25, 0.3) is 6.08 Å². The fourth-order valence-corrected chi connectivity index (χ4v) is 4.07. The molecule has 2 aromatic rings. The first-order valence-electron chi connectivity index (χ1n) is 10.3. The number of nitrogens with one attached hydrogen (secondary N) is 2. The Morgan fingerprint density at radius 3 is 2.55 bits per heavy atom. The van der Waals surface area contributed by atoms with Gasteiger partial charge in [-0.15, -0.1) is 0 Å². The Labute approximate surface area is 192 Å². The van der Waals surface area contributed by atoms with Crippen molar-refractivity contribution in [3.8, 4) is 11.5 Å². The highest BCUT2D eigenvalue weighted by atomic mass is 32.2. The van der Waals surface area contributed by atoms with Crippen LogP contribution in [0.1, 0.15) is 25.0 Å². The lowest BCUT2D eigenvalue weighted by atomic mass is 10.1. The molecule has 0 unspecified atom stereocenters. The van der Waals surface area contributed by atoms with Gasteiger partial charge in [0.25, 0.3) is 5.91 Å². The molecule has 0 saturated carbocycles. The average molecular weight is 475 g/mol. The number of hydrogen-bond donors (Lipinski definition) is 2. The number of carbonyl (C=O) groups is 2. The van der Waals surface area contributed by atoms with E-state index in [0.29, 0.717) is 17.1 Å². The van der Waals surface area contributed by atoms with Crippen LogP contribution in [0.4, 0.5) is 0 Å². The van der Waals surface area contributed by atoms with Crippen molar-refractivity contribution in [3.63, 3.8) is 0 Å². The van der Waals surface area contributed by atoms with Gasteiger partial charge in [-0.1, -0.05) is 50.2 Å². The number of hydrogen-bond acceptors (Lipinski definition) is 7. The number of fused-ring (bicyclic) bond motifs is 1. The summed E-state index contributed by atoms with van der Waals surface area (Å²) in [6.45, 7) is 3.18. The molecule has 1 atom stereocenters. The first-order chi connectivity index (χ1) is 15.7. The topological polar surface area (TPSA) is 120 Å². The number of amides is 1. The molecular weight excluding hydrogens is 448 g/mol. The highest BCUT2D eigenvalue weighted by Gasteiger charge is 2.28. The summed E-state index contributed by atoms with van der Waals surface area (Å²) in [6.07, 6.45) is 1.43. The largest absolute Gasteiger partial charge is 0.454 e. The van der Waals surface area contributed by atoms with Gasteiger partial charge < -0.3 is 19.5 Å². The molecule has 1 aliphatic heterocycles. The Morgan fingerprint density at radius 1 is 1.09 bits per heavy atom. The maximum atomic E-state index is 12.5. The highest BCUT2D eigenvalue weighted by Crippen LogP contribution is 2.32. The van der Waals surface area contributed by atoms with Crippen LogP contribution < -0.4 is 19.5 Å². The molecule has 1 aliphatic rings. The SMILES string of the molecule is CC(C)[C@H](NS(=O)(=O)/C=C/c1ccccc1)C(=O)OCC(=O)NCc1ccc2c(c1)OCO2. The molecule has 0 aromatic heterocycles. The molecule has 2 N–H and O–H groups in total. The molecule has 0 aliphatic carbocycles. The number of sulfonamides is 1. The van der Waals surface area contributed by atoms with Crippen molar-refractivity contribution in [2.24, 2.45) is 5.92 Å². The highest BCUT2D eigenvalue weighted by molar-refractivity contribution is 7.92. The molecule has 2 aromatic carbocycles. The van der Waals surface area contributed by atoms with Crippen LogP contribution >= 0.6 is 0 Å². The Hall–Kier alpha value is -3.37. The molecule has 33 heavy (non-hydrogen) atoms. The van der Waals surface area contributed by atoms with E-state index in [2.05, 4.69) is 10.0 Å². The monoisotopic (exact) mass is 474 g/mol. The van der Waals surface area contributed by atoms with Crippen LogP contribution in [-0.2, 0) is 30.9 Å². The van der Waals surface area contributed by atoms with Gasteiger partial charge in [0.2, 0.25) is 16.8 Å². The summed E-state index contributed by atoms with van der Waals surface area (Å²) < 4.78 is 42.7. The maximum absolute atomic E-state index is 12.5. The fraction of sp³-hybridized carbons (Fsp3) is 0.304. The Bertz CT molecular complexity index is 1110. The first-order valence-corrected chi connectivity index (χ1v) is 11.9. The maximum Gasteiger partial charge on any atom is 0.324 e. The van der Waals surface area contributed by atoms with Crippen LogP contribution in [0.15, 0.2) is 53.9 Å². The second-order valence-corrected chi connectivity index (χ2v) is 9.27. The van der Waals surface area contributed by atoms with Gasteiger partial charge in [0, 0.05) is 12.0 Å². The van der Waals surface area contributed by atoms with Crippen LogP contribution in [0, 0.1) is 5.92 Å². The van der Waals surface area contributed by atoms with E-state index in [9.17, 15) is 18.0 Å². The standard InChI is InChI=1S/C23H26N2O7S/c1-16(2)22(25-33(28,29)11-10-17-6-4-3-5-7-17)23(27)30-14-21(26)24-13-18-8-9-19-20(12-18)32-15-31-19/h3-12,16,22,25H,13-15H2,1-2H3,(H,24,26)/b11-10+/t22-/m0/s1. The van der Waals surface area contributed by atoms with Crippen LogP contribution in [0.3, 0.4) is 0 Å². The predicted molar refractivity (Wildman–Crippen MR) is 122 cm³/mol. The van der Waals surface area contributed by atoms with E-state index in [0.717, 1.165) is 11.0 Å². The predicted octanol–water partition coefficient (Wildman–Crippen LogP) is 2.19. The van der Waals surface area contributed by atoms with Crippen molar-refractivity contribution < 1.29 is 32.2 Å². The fourth-order valence-electron chi connectivity index (χ4n) is 2.93. The van der Waals surface area contributed by atoms with Gasteiger partial charge in [-0.25, -0.2) is 8.42 Å². The van der Waals surface area contributed by atoms with E-state index < -0.39 is 40.5 Å². The van der Waals surface area contributed by atoms with Gasteiger partial charge in [-0.05, 0) is 35.3 Å². The zero-order chi connectivity index (χ0) is 23.8. The molecule has 0 fully saturated rings. The second kappa shape index (κ2) is 11.0. The van der Waals surface area contributed by atoms with Gasteiger partial charge in [0.15, 0.2) is 18.1 Å². The minimum absolute atomic E-state index is 0.157. The summed E-state index contributed by atoms with van der Waals surface area (Å²) in [5.74, 6) is -0.509. The van der Waals surface area contributed by atoms with E-state index >= 15 is 0 Å². The van der Waals surface area contributed by atoms with Gasteiger partial charge in [0.1, 0.15) is 6.04 Å². The minimum Gasteiger partial charge on any atom is -0.454 e. The van der Waals surface area contributed by atoms with Crippen LogP contribution in [-0.4, -0.2) is 39.7 Å². The number of benzene rings is 2. The molecule has 1 amide bonds. The Balaban J connectivity index is 1.50. The molecule has 1 heterocycles. The summed E-state index contributed by atoms with van der Waals surface area (Å²) >= 11 is 0. The van der Waals surface area contributed by atoms with Gasteiger partial charge in [-0.2, -0.15) is 4.72 Å². The lowest BCUT2D eigenvalue weighted by molar-refractivity contribution is -0.151. The van der Waals surface area contributed by atoms with Crippen molar-refractivity contribution in [3.05, 3.63) is 65.1 Å². The molecule has 10 heteroatoms. The third kappa shape index (κ3) is 7.33. The van der Waals surface area contributed by atoms with E-state index in [-0.39, 0.29) is 13.3 Å². The second-order valence-electron chi connectivity index (χ2n) is 7.67. The smallest absolute Gasteiger partial charge is 0.324 e.